The van der Waals surface area contributed by atoms with Crippen LogP contribution in [0.3, 0.4) is 0 Å². The van der Waals surface area contributed by atoms with E-state index in [0.717, 1.165) is 53.9 Å². The Bertz CT molecular complexity index is 1420. The zero-order chi connectivity index (χ0) is 24.9. The SMILES string of the molecule is C1CCNC1.c1ccc(N(Cc2ccc3nc[nH]c3c2)Cc2ccc3nc(C4CCCN4)[nH]c3c2)cc1. The maximum Gasteiger partial charge on any atom is 0.124 e. The van der Waals surface area contributed by atoms with Crippen molar-refractivity contribution in [2.24, 2.45) is 0 Å². The summed E-state index contributed by atoms with van der Waals surface area (Å²) in [5.74, 6) is 1.06. The molecule has 0 radical (unpaired) electrons. The summed E-state index contributed by atoms with van der Waals surface area (Å²) in [4.78, 5) is 18.4. The molecular weight excluding hydrogens is 458 g/mol. The Hall–Kier alpha value is -3.68. The van der Waals surface area contributed by atoms with E-state index in [-0.39, 0.29) is 0 Å². The fourth-order valence-corrected chi connectivity index (χ4v) is 5.28. The van der Waals surface area contributed by atoms with Crippen LogP contribution < -0.4 is 15.5 Å². The quantitative estimate of drug-likeness (QED) is 0.253. The topological polar surface area (TPSA) is 84.7 Å². The molecule has 2 fully saturated rings. The van der Waals surface area contributed by atoms with Crippen molar-refractivity contribution in [3.8, 4) is 0 Å². The van der Waals surface area contributed by atoms with Gasteiger partial charge in [-0.3, -0.25) is 0 Å². The molecule has 0 bridgehead atoms. The molecule has 0 aliphatic carbocycles. The van der Waals surface area contributed by atoms with E-state index in [1.807, 2.05) is 0 Å². The van der Waals surface area contributed by atoms with Crippen LogP contribution >= 0.6 is 0 Å². The summed E-state index contributed by atoms with van der Waals surface area (Å²) < 4.78 is 0. The zero-order valence-corrected chi connectivity index (χ0v) is 21.2. The number of benzene rings is 3. The van der Waals surface area contributed by atoms with Gasteiger partial charge in [-0.25, -0.2) is 9.97 Å². The van der Waals surface area contributed by atoms with Crippen LogP contribution in [-0.2, 0) is 13.1 Å². The van der Waals surface area contributed by atoms with Gasteiger partial charge in [0.1, 0.15) is 5.82 Å². The third kappa shape index (κ3) is 5.68. The molecule has 37 heavy (non-hydrogen) atoms. The Morgan fingerprint density at radius 1 is 0.784 bits per heavy atom. The van der Waals surface area contributed by atoms with Gasteiger partial charge in [-0.2, -0.15) is 0 Å². The molecule has 1 unspecified atom stereocenters. The molecule has 0 saturated carbocycles. The van der Waals surface area contributed by atoms with Crippen LogP contribution in [0.25, 0.3) is 22.1 Å². The lowest BCUT2D eigenvalue weighted by Crippen LogP contribution is -2.22. The van der Waals surface area contributed by atoms with E-state index in [1.165, 1.54) is 49.2 Å². The predicted molar refractivity (Wildman–Crippen MR) is 151 cm³/mol. The van der Waals surface area contributed by atoms with E-state index in [0.29, 0.717) is 6.04 Å². The molecular formula is C30H35N7. The second kappa shape index (κ2) is 11.2. The summed E-state index contributed by atoms with van der Waals surface area (Å²) >= 11 is 0. The number of anilines is 1. The normalized spacial score (nSPS) is 17.2. The zero-order valence-electron chi connectivity index (χ0n) is 21.2. The highest BCUT2D eigenvalue weighted by Crippen LogP contribution is 2.26. The van der Waals surface area contributed by atoms with Crippen molar-refractivity contribution >= 4 is 27.8 Å². The molecule has 0 amide bonds. The Kier molecular flexibility index (Phi) is 7.14. The largest absolute Gasteiger partial charge is 0.363 e. The number of fused-ring (bicyclic) bond motifs is 2. The van der Waals surface area contributed by atoms with Gasteiger partial charge >= 0.3 is 0 Å². The standard InChI is InChI=1S/C26H26N6.C4H9N/c1-2-5-20(6-3-1)32(15-18-8-10-21-24(13-18)29-17-28-21)16-19-9-11-22-25(14-19)31-26(30-22)23-7-4-12-27-23;1-2-4-5-3-1/h1-3,5-6,8-11,13-14,17,23,27H,4,7,12,15-16H2,(H,28,29)(H,30,31);5H,1-4H2. The fourth-order valence-electron chi connectivity index (χ4n) is 5.28. The highest BCUT2D eigenvalue weighted by Gasteiger charge is 2.19. The number of imidazole rings is 2. The van der Waals surface area contributed by atoms with Crippen molar-refractivity contribution in [1.29, 1.82) is 0 Å². The Morgan fingerprint density at radius 2 is 1.54 bits per heavy atom. The predicted octanol–water partition coefficient (Wildman–Crippen LogP) is 5.44. The molecule has 2 aromatic heterocycles. The van der Waals surface area contributed by atoms with Gasteiger partial charge < -0.3 is 25.5 Å². The van der Waals surface area contributed by atoms with E-state index >= 15 is 0 Å². The van der Waals surface area contributed by atoms with Crippen molar-refractivity contribution in [1.82, 2.24) is 30.6 Å². The van der Waals surface area contributed by atoms with Crippen molar-refractivity contribution < 1.29 is 0 Å². The van der Waals surface area contributed by atoms with Gasteiger partial charge in [0, 0.05) is 18.8 Å². The molecule has 3 aromatic carbocycles. The van der Waals surface area contributed by atoms with Crippen LogP contribution in [0.4, 0.5) is 5.69 Å². The summed E-state index contributed by atoms with van der Waals surface area (Å²) in [5.41, 5.74) is 7.94. The Balaban J connectivity index is 0.000000453. The molecule has 4 heterocycles. The first-order valence-corrected chi connectivity index (χ1v) is 13.5. The average Bonchev–Trinajstić information content (AvgIpc) is 3.76. The average molecular weight is 494 g/mol. The van der Waals surface area contributed by atoms with E-state index in [4.69, 9.17) is 4.98 Å². The molecule has 7 nitrogen and oxygen atoms in total. The van der Waals surface area contributed by atoms with Gasteiger partial charge in [0.25, 0.3) is 0 Å². The summed E-state index contributed by atoms with van der Waals surface area (Å²) in [6.07, 6.45) is 6.89. The molecule has 5 aromatic rings. The van der Waals surface area contributed by atoms with E-state index in [2.05, 4.69) is 97.2 Å². The van der Waals surface area contributed by atoms with Crippen LogP contribution in [0, 0.1) is 0 Å². The lowest BCUT2D eigenvalue weighted by atomic mass is 10.1. The van der Waals surface area contributed by atoms with E-state index in [9.17, 15) is 0 Å². The van der Waals surface area contributed by atoms with Gasteiger partial charge in [0.05, 0.1) is 34.4 Å². The molecule has 7 heteroatoms. The minimum absolute atomic E-state index is 0.351. The number of hydrogen-bond acceptors (Lipinski definition) is 5. The number of rotatable bonds is 6. The molecule has 2 aliphatic heterocycles. The molecule has 7 rings (SSSR count). The lowest BCUT2D eigenvalue weighted by Gasteiger charge is -2.25. The molecule has 4 N–H and O–H groups in total. The summed E-state index contributed by atoms with van der Waals surface area (Å²) in [7, 11) is 0. The minimum atomic E-state index is 0.351. The maximum absolute atomic E-state index is 4.82. The third-order valence-electron chi connectivity index (χ3n) is 7.26. The number of para-hydroxylation sites is 1. The minimum Gasteiger partial charge on any atom is -0.363 e. The first kappa shape index (κ1) is 23.7. The Morgan fingerprint density at radius 3 is 2.24 bits per heavy atom. The van der Waals surface area contributed by atoms with Crippen LogP contribution in [0.5, 0.6) is 0 Å². The molecule has 2 saturated heterocycles. The number of nitrogens with zero attached hydrogens (tertiary/aromatic N) is 3. The van der Waals surface area contributed by atoms with Crippen LogP contribution in [-0.4, -0.2) is 39.6 Å². The summed E-state index contributed by atoms with van der Waals surface area (Å²) in [6, 6.07) is 24.0. The number of aromatic amines is 2. The van der Waals surface area contributed by atoms with E-state index in [1.54, 1.807) is 6.33 Å². The van der Waals surface area contributed by atoms with Crippen molar-refractivity contribution in [3.05, 3.63) is 90.0 Å². The van der Waals surface area contributed by atoms with Crippen molar-refractivity contribution in [2.45, 2.75) is 44.8 Å². The van der Waals surface area contributed by atoms with Gasteiger partial charge in [0.2, 0.25) is 0 Å². The third-order valence-corrected chi connectivity index (χ3v) is 7.26. The Labute approximate surface area is 217 Å². The number of nitrogens with one attached hydrogen (secondary N) is 4. The second-order valence-corrected chi connectivity index (χ2v) is 10.0. The number of hydrogen-bond donors (Lipinski definition) is 4. The molecule has 2 aliphatic rings. The van der Waals surface area contributed by atoms with Gasteiger partial charge in [-0.15, -0.1) is 0 Å². The highest BCUT2D eigenvalue weighted by atomic mass is 15.1. The van der Waals surface area contributed by atoms with Gasteiger partial charge in [-0.1, -0.05) is 30.3 Å². The highest BCUT2D eigenvalue weighted by molar-refractivity contribution is 5.76. The van der Waals surface area contributed by atoms with Crippen LogP contribution in [0.2, 0.25) is 0 Å². The lowest BCUT2D eigenvalue weighted by molar-refractivity contribution is 0.614. The van der Waals surface area contributed by atoms with Gasteiger partial charge in [-0.05, 0) is 92.8 Å². The van der Waals surface area contributed by atoms with E-state index < -0.39 is 0 Å². The monoisotopic (exact) mass is 493 g/mol. The van der Waals surface area contributed by atoms with Gasteiger partial charge in [0.15, 0.2) is 0 Å². The van der Waals surface area contributed by atoms with Crippen molar-refractivity contribution in [3.63, 3.8) is 0 Å². The van der Waals surface area contributed by atoms with Crippen molar-refractivity contribution in [2.75, 3.05) is 24.5 Å². The molecule has 1 atom stereocenters. The van der Waals surface area contributed by atoms with Crippen LogP contribution in [0.15, 0.2) is 73.1 Å². The second-order valence-electron chi connectivity index (χ2n) is 10.0. The number of aromatic nitrogens is 4. The fraction of sp³-hybridized carbons (Fsp3) is 0.333. The number of H-pyrrole nitrogens is 2. The maximum atomic E-state index is 4.82. The van der Waals surface area contributed by atoms with Crippen LogP contribution in [0.1, 0.15) is 48.7 Å². The summed E-state index contributed by atoms with van der Waals surface area (Å²) in [5, 5.41) is 6.75. The first-order valence-electron chi connectivity index (χ1n) is 13.5. The molecule has 190 valence electrons. The molecule has 0 spiro atoms. The first-order chi connectivity index (χ1) is 18.3. The smallest absolute Gasteiger partial charge is 0.124 e. The summed E-state index contributed by atoms with van der Waals surface area (Å²) in [6.45, 7) is 5.21.